The van der Waals surface area contributed by atoms with Gasteiger partial charge in [0, 0.05) is 31.2 Å². The summed E-state index contributed by atoms with van der Waals surface area (Å²) < 4.78 is 0. The first-order chi connectivity index (χ1) is 29.8. The van der Waals surface area contributed by atoms with E-state index in [2.05, 4.69) is 31.9 Å². The molecular weight excluding hydrogens is 830 g/mol. The van der Waals surface area contributed by atoms with E-state index in [-0.39, 0.29) is 0 Å². The van der Waals surface area contributed by atoms with Crippen molar-refractivity contribution >= 4 is 97.5 Å². The van der Waals surface area contributed by atoms with E-state index in [0.29, 0.717) is 10.9 Å². The van der Waals surface area contributed by atoms with Gasteiger partial charge in [0.25, 0.3) is 5.91 Å². The zero-order valence-electron chi connectivity index (χ0n) is 33.4. The molecule has 4 aromatic rings. The van der Waals surface area contributed by atoms with Gasteiger partial charge in [0.1, 0.15) is 24.2 Å². The highest BCUT2D eigenvalue weighted by molar-refractivity contribution is 6.26. The molecule has 0 aromatic heterocycles. The molecular formula is C41H45N7O15. The molecule has 63 heavy (non-hydrogen) atoms. The first-order valence-electron chi connectivity index (χ1n) is 19.4. The highest BCUT2D eigenvalue weighted by atomic mass is 16.4. The lowest BCUT2D eigenvalue weighted by Crippen LogP contribution is -2.58. The number of amides is 7. The Labute approximate surface area is 356 Å². The van der Waals surface area contributed by atoms with Gasteiger partial charge in [-0.25, -0.2) is 0 Å². The molecule has 7 amide bonds. The van der Waals surface area contributed by atoms with Crippen molar-refractivity contribution in [3.63, 3.8) is 0 Å². The SMILES string of the molecule is NC(=O)[C@H](CCC(=O)O)NC(=O)[C@H](CCC(=O)O)NC(=O)[C@H](CCC(=O)O)NC(=O)[C@H](CCC(=O)O)NC(=O)CNC(=O)CNC(=O)c1ccc2ccc3cccc4ccc1c2c34. The van der Waals surface area contributed by atoms with Crippen LogP contribution < -0.4 is 37.6 Å². The topological polar surface area (TPSA) is 367 Å². The maximum atomic E-state index is 13.5. The Morgan fingerprint density at radius 3 is 1.33 bits per heavy atom. The zero-order valence-corrected chi connectivity index (χ0v) is 33.4. The average molecular weight is 876 g/mol. The van der Waals surface area contributed by atoms with Gasteiger partial charge in [0.05, 0.1) is 13.1 Å². The Morgan fingerprint density at radius 2 is 0.857 bits per heavy atom. The molecule has 0 aliphatic rings. The maximum Gasteiger partial charge on any atom is 0.303 e. The molecule has 0 saturated heterocycles. The summed E-state index contributed by atoms with van der Waals surface area (Å²) in [6, 6.07) is 10.2. The number of carbonyl (C=O) groups is 11. The quantitative estimate of drug-likeness (QED) is 0.0367. The van der Waals surface area contributed by atoms with Crippen LogP contribution in [-0.4, -0.2) is 123 Å². The van der Waals surface area contributed by atoms with E-state index < -0.39 is 154 Å². The second kappa shape index (κ2) is 22.1. The lowest BCUT2D eigenvalue weighted by atomic mass is 9.92. The number of hydrogen-bond acceptors (Lipinski definition) is 11. The van der Waals surface area contributed by atoms with Gasteiger partial charge in [-0.15, -0.1) is 0 Å². The molecule has 0 bridgehead atoms. The minimum Gasteiger partial charge on any atom is -0.481 e. The van der Waals surface area contributed by atoms with Crippen molar-refractivity contribution in [2.45, 2.75) is 75.5 Å². The van der Waals surface area contributed by atoms with Crippen LogP contribution in [0.4, 0.5) is 0 Å². The molecule has 0 spiro atoms. The van der Waals surface area contributed by atoms with E-state index in [4.69, 9.17) is 10.8 Å². The van der Waals surface area contributed by atoms with Crippen LogP contribution in [0.25, 0.3) is 32.3 Å². The van der Waals surface area contributed by atoms with Crippen LogP contribution >= 0.6 is 0 Å². The summed E-state index contributed by atoms with van der Waals surface area (Å²) in [5.74, 6) is -12.7. The number of hydrogen-bond donors (Lipinski definition) is 11. The molecule has 22 nitrogen and oxygen atoms in total. The molecule has 0 fully saturated rings. The van der Waals surface area contributed by atoms with Gasteiger partial charge in [0.2, 0.25) is 35.4 Å². The highest BCUT2D eigenvalue weighted by Gasteiger charge is 2.32. The first kappa shape index (κ1) is 47.8. The van der Waals surface area contributed by atoms with E-state index in [9.17, 15) is 68.1 Å². The number of nitrogens with two attached hydrogens (primary N) is 1. The fourth-order valence-corrected chi connectivity index (χ4v) is 6.66. The summed E-state index contributed by atoms with van der Waals surface area (Å²) >= 11 is 0. The maximum absolute atomic E-state index is 13.5. The number of primary amides is 1. The first-order valence-corrected chi connectivity index (χ1v) is 19.4. The van der Waals surface area contributed by atoms with Crippen molar-refractivity contribution < 1.29 is 73.2 Å². The molecule has 4 atom stereocenters. The van der Waals surface area contributed by atoms with Crippen molar-refractivity contribution in [1.82, 2.24) is 31.9 Å². The summed E-state index contributed by atoms with van der Waals surface area (Å²) in [5.41, 5.74) is 5.56. The van der Waals surface area contributed by atoms with Gasteiger partial charge in [-0.1, -0.05) is 48.5 Å². The third-order valence-corrected chi connectivity index (χ3v) is 9.79. The zero-order chi connectivity index (χ0) is 46.4. The van der Waals surface area contributed by atoms with Gasteiger partial charge in [-0.05, 0) is 64.1 Å². The van der Waals surface area contributed by atoms with Crippen molar-refractivity contribution in [1.29, 1.82) is 0 Å². The molecule has 4 rings (SSSR count). The van der Waals surface area contributed by atoms with Crippen molar-refractivity contribution in [2.75, 3.05) is 13.1 Å². The van der Waals surface area contributed by atoms with Crippen LogP contribution in [0.15, 0.2) is 54.6 Å². The predicted molar refractivity (Wildman–Crippen MR) is 220 cm³/mol. The third-order valence-electron chi connectivity index (χ3n) is 9.79. The summed E-state index contributed by atoms with van der Waals surface area (Å²) in [7, 11) is 0. The average Bonchev–Trinajstić information content (AvgIpc) is 3.23. The number of carbonyl (C=O) groups excluding carboxylic acids is 7. The van der Waals surface area contributed by atoms with Gasteiger partial charge >= 0.3 is 23.9 Å². The minimum absolute atomic E-state index is 0.303. The standard InChI is InChI=1S/C41H45N7O15/c42-37(59)25(10-14-31(51)52)46-40(62)27(12-16-33(55)56)48-41(63)28(13-17-34(57)58)47-39(61)26(11-15-32(53)54)45-30(50)19-43-29(49)18-44-38(60)24-9-7-22-5-4-20-2-1-3-21-6-8-23(24)36(22)35(20)21/h1-9,25-28H,10-19H2,(H2,42,59)(H,43,49)(H,44,60)(H,45,50)(H,46,62)(H,47,61)(H,48,63)(H,51,52)(H,53,54)(H,55,56)(H,57,58)/t25-,26-,27-,28-/m0/s1. The molecule has 22 heteroatoms. The van der Waals surface area contributed by atoms with Crippen LogP contribution in [0.2, 0.25) is 0 Å². The van der Waals surface area contributed by atoms with Gasteiger partial charge < -0.3 is 58.1 Å². The Kier molecular flexibility index (Phi) is 16.7. The van der Waals surface area contributed by atoms with Crippen LogP contribution in [-0.2, 0) is 47.9 Å². The van der Waals surface area contributed by atoms with Crippen molar-refractivity contribution in [3.05, 3.63) is 60.2 Å². The largest absolute Gasteiger partial charge is 0.481 e. The normalized spacial score (nSPS) is 12.9. The van der Waals surface area contributed by atoms with Crippen molar-refractivity contribution in [3.8, 4) is 0 Å². The van der Waals surface area contributed by atoms with E-state index >= 15 is 0 Å². The van der Waals surface area contributed by atoms with E-state index in [1.807, 2.05) is 42.5 Å². The molecule has 0 aliphatic heterocycles. The Balaban J connectivity index is 1.40. The number of benzene rings is 4. The monoisotopic (exact) mass is 875 g/mol. The summed E-state index contributed by atoms with van der Waals surface area (Å²) in [6.45, 7) is -1.32. The van der Waals surface area contributed by atoms with Crippen LogP contribution in [0.3, 0.4) is 0 Å². The third kappa shape index (κ3) is 13.8. The molecule has 0 radical (unpaired) electrons. The number of aliphatic carboxylic acids is 4. The molecule has 12 N–H and O–H groups in total. The molecule has 4 aromatic carbocycles. The second-order valence-electron chi connectivity index (χ2n) is 14.4. The minimum atomic E-state index is -1.78. The molecule has 0 aliphatic carbocycles. The number of carboxylic acid groups (broad SMARTS) is 4. The second-order valence-corrected chi connectivity index (χ2v) is 14.4. The highest BCUT2D eigenvalue weighted by Crippen LogP contribution is 2.35. The van der Waals surface area contributed by atoms with Crippen molar-refractivity contribution in [2.24, 2.45) is 5.73 Å². The number of rotatable bonds is 25. The van der Waals surface area contributed by atoms with Gasteiger partial charge in [0.15, 0.2) is 0 Å². The lowest BCUT2D eigenvalue weighted by molar-refractivity contribution is -0.140. The fourth-order valence-electron chi connectivity index (χ4n) is 6.66. The molecule has 0 heterocycles. The van der Waals surface area contributed by atoms with Gasteiger partial charge in [-0.3, -0.25) is 52.7 Å². The Bertz CT molecular complexity index is 2420. The smallest absolute Gasteiger partial charge is 0.303 e. The van der Waals surface area contributed by atoms with E-state index in [1.54, 1.807) is 12.1 Å². The predicted octanol–water partition coefficient (Wildman–Crippen LogP) is -0.686. The van der Waals surface area contributed by atoms with Crippen LogP contribution in [0.5, 0.6) is 0 Å². The Hall–Kier alpha value is -7.91. The Morgan fingerprint density at radius 1 is 0.460 bits per heavy atom. The van der Waals surface area contributed by atoms with Crippen LogP contribution in [0.1, 0.15) is 61.7 Å². The van der Waals surface area contributed by atoms with E-state index in [0.717, 1.165) is 26.9 Å². The molecule has 0 unspecified atom stereocenters. The van der Waals surface area contributed by atoms with Crippen LogP contribution in [0, 0.1) is 0 Å². The fraction of sp³-hybridized carbons (Fsp3) is 0.341. The number of carboxylic acids is 4. The number of nitrogens with one attached hydrogen (secondary N) is 6. The lowest BCUT2D eigenvalue weighted by Gasteiger charge is -2.26. The summed E-state index contributed by atoms with van der Waals surface area (Å²) in [4.78, 5) is 136. The summed E-state index contributed by atoms with van der Waals surface area (Å²) in [6.07, 6.45) is -4.98. The molecule has 0 saturated carbocycles. The van der Waals surface area contributed by atoms with Gasteiger partial charge in [-0.2, -0.15) is 0 Å². The van der Waals surface area contributed by atoms with E-state index in [1.165, 1.54) is 0 Å². The molecule has 334 valence electrons. The summed E-state index contributed by atoms with van der Waals surface area (Å²) in [5, 5.41) is 55.7.